The molecule has 0 fully saturated rings. The first-order valence-electron chi connectivity index (χ1n) is 6.19. The number of anilines is 1. The Labute approximate surface area is 104 Å². The lowest BCUT2D eigenvalue weighted by Crippen LogP contribution is -2.45. The second kappa shape index (κ2) is 6.40. The number of benzene rings is 1. The zero-order valence-electron chi connectivity index (χ0n) is 10.9. The lowest BCUT2D eigenvalue weighted by atomic mass is 9.96. The van der Waals surface area contributed by atoms with Crippen molar-refractivity contribution in [2.75, 3.05) is 11.9 Å². The van der Waals surface area contributed by atoms with Crippen LogP contribution in [0.25, 0.3) is 0 Å². The Balaban J connectivity index is 2.41. The van der Waals surface area contributed by atoms with Crippen molar-refractivity contribution in [3.63, 3.8) is 0 Å². The molecule has 2 N–H and O–H groups in total. The smallest absolute Gasteiger partial charge is 0.238 e. The molecule has 0 aliphatic heterocycles. The van der Waals surface area contributed by atoms with E-state index in [1.807, 2.05) is 30.3 Å². The molecule has 0 aliphatic rings. The molecule has 0 bridgehead atoms. The van der Waals surface area contributed by atoms with Crippen molar-refractivity contribution in [2.45, 2.75) is 39.2 Å². The van der Waals surface area contributed by atoms with E-state index >= 15 is 0 Å². The van der Waals surface area contributed by atoms with E-state index in [-0.39, 0.29) is 11.4 Å². The van der Waals surface area contributed by atoms with E-state index in [0.29, 0.717) is 6.54 Å². The number of carbonyl (C=O) groups excluding carboxylic acids is 1. The Kier molecular flexibility index (Phi) is 5.16. The van der Waals surface area contributed by atoms with Gasteiger partial charge in [-0.25, -0.2) is 0 Å². The number of nitrogens with one attached hydrogen (secondary N) is 2. The first-order valence-corrected chi connectivity index (χ1v) is 6.19. The van der Waals surface area contributed by atoms with Gasteiger partial charge >= 0.3 is 0 Å². The molecule has 94 valence electrons. The molecule has 0 radical (unpaired) electrons. The summed E-state index contributed by atoms with van der Waals surface area (Å²) in [6, 6.07) is 9.52. The zero-order valence-corrected chi connectivity index (χ0v) is 10.9. The third-order valence-electron chi connectivity index (χ3n) is 3.29. The number of para-hydroxylation sites is 1. The molecular weight excluding hydrogens is 212 g/mol. The number of hydrogen-bond donors (Lipinski definition) is 2. The summed E-state index contributed by atoms with van der Waals surface area (Å²) in [7, 11) is 0. The quantitative estimate of drug-likeness (QED) is 0.794. The highest BCUT2D eigenvalue weighted by Gasteiger charge is 2.19. The van der Waals surface area contributed by atoms with Crippen LogP contribution in [-0.4, -0.2) is 18.0 Å². The molecule has 1 rings (SSSR count). The largest absolute Gasteiger partial charge is 0.325 e. The van der Waals surface area contributed by atoms with Crippen LogP contribution in [0, 0.1) is 0 Å². The highest BCUT2D eigenvalue weighted by atomic mass is 16.1. The van der Waals surface area contributed by atoms with Crippen molar-refractivity contribution in [3.05, 3.63) is 30.3 Å². The Morgan fingerprint density at radius 3 is 2.29 bits per heavy atom. The monoisotopic (exact) mass is 234 g/mol. The molecule has 0 saturated heterocycles. The molecule has 0 aliphatic carbocycles. The van der Waals surface area contributed by atoms with Gasteiger partial charge in [0, 0.05) is 11.2 Å². The minimum absolute atomic E-state index is 0.00400. The predicted molar refractivity (Wildman–Crippen MR) is 72.1 cm³/mol. The average Bonchev–Trinajstić information content (AvgIpc) is 2.37. The molecule has 0 saturated carbocycles. The lowest BCUT2D eigenvalue weighted by molar-refractivity contribution is -0.115. The maximum Gasteiger partial charge on any atom is 0.238 e. The normalized spacial score (nSPS) is 11.2. The highest BCUT2D eigenvalue weighted by Crippen LogP contribution is 2.13. The minimum atomic E-state index is 0.00400. The average molecular weight is 234 g/mol. The predicted octanol–water partition coefficient (Wildman–Crippen LogP) is 2.79. The van der Waals surface area contributed by atoms with Crippen LogP contribution in [-0.2, 0) is 4.79 Å². The second-order valence-corrected chi connectivity index (χ2v) is 4.54. The molecule has 0 unspecified atom stereocenters. The minimum Gasteiger partial charge on any atom is -0.325 e. The summed E-state index contributed by atoms with van der Waals surface area (Å²) in [5.41, 5.74) is 0.891. The van der Waals surface area contributed by atoms with Gasteiger partial charge in [-0.2, -0.15) is 0 Å². The molecule has 3 nitrogen and oxygen atoms in total. The number of hydrogen-bond acceptors (Lipinski definition) is 2. The van der Waals surface area contributed by atoms with Crippen LogP contribution >= 0.6 is 0 Å². The van der Waals surface area contributed by atoms with Crippen LogP contribution in [0.2, 0.25) is 0 Å². The first-order chi connectivity index (χ1) is 8.09. The summed E-state index contributed by atoms with van der Waals surface area (Å²) in [5, 5.41) is 6.16. The van der Waals surface area contributed by atoms with E-state index in [1.54, 1.807) is 0 Å². The van der Waals surface area contributed by atoms with Gasteiger partial charge in [0.25, 0.3) is 0 Å². The fourth-order valence-corrected chi connectivity index (χ4v) is 1.52. The van der Waals surface area contributed by atoms with Gasteiger partial charge in [-0.1, -0.05) is 32.0 Å². The van der Waals surface area contributed by atoms with Crippen LogP contribution in [0.1, 0.15) is 33.6 Å². The maximum absolute atomic E-state index is 11.7. The van der Waals surface area contributed by atoms with Crippen LogP contribution in [0.3, 0.4) is 0 Å². The summed E-state index contributed by atoms with van der Waals surface area (Å²) in [5.74, 6) is 0.00400. The molecule has 17 heavy (non-hydrogen) atoms. The number of rotatable bonds is 6. The highest BCUT2D eigenvalue weighted by molar-refractivity contribution is 5.92. The summed E-state index contributed by atoms with van der Waals surface area (Å²) < 4.78 is 0. The van der Waals surface area contributed by atoms with E-state index in [0.717, 1.165) is 18.5 Å². The van der Waals surface area contributed by atoms with Crippen molar-refractivity contribution < 1.29 is 4.79 Å². The fourth-order valence-electron chi connectivity index (χ4n) is 1.52. The third-order valence-corrected chi connectivity index (χ3v) is 3.29. The number of carbonyl (C=O) groups is 1. The van der Waals surface area contributed by atoms with Crippen molar-refractivity contribution >= 4 is 11.6 Å². The van der Waals surface area contributed by atoms with Gasteiger partial charge in [0.15, 0.2) is 0 Å². The number of amides is 1. The first kappa shape index (κ1) is 13.7. The van der Waals surface area contributed by atoms with Crippen molar-refractivity contribution in [1.82, 2.24) is 5.32 Å². The van der Waals surface area contributed by atoms with Gasteiger partial charge in [0.2, 0.25) is 5.91 Å². The molecule has 1 aromatic carbocycles. The van der Waals surface area contributed by atoms with Gasteiger partial charge in [-0.3, -0.25) is 4.79 Å². The van der Waals surface area contributed by atoms with Crippen LogP contribution in [0.4, 0.5) is 5.69 Å². The van der Waals surface area contributed by atoms with Crippen molar-refractivity contribution in [2.24, 2.45) is 0 Å². The molecule has 3 heteroatoms. The Hall–Kier alpha value is -1.35. The van der Waals surface area contributed by atoms with E-state index in [1.165, 1.54) is 0 Å². The Morgan fingerprint density at radius 2 is 1.76 bits per heavy atom. The second-order valence-electron chi connectivity index (χ2n) is 4.54. The zero-order chi connectivity index (χ0) is 12.7. The van der Waals surface area contributed by atoms with Crippen LogP contribution < -0.4 is 10.6 Å². The SMILES string of the molecule is CCC(C)(CC)NCC(=O)Nc1ccccc1. The van der Waals surface area contributed by atoms with Gasteiger partial charge in [0.05, 0.1) is 6.54 Å². The topological polar surface area (TPSA) is 41.1 Å². The summed E-state index contributed by atoms with van der Waals surface area (Å²) in [6.07, 6.45) is 2.03. The van der Waals surface area contributed by atoms with Crippen LogP contribution in [0.15, 0.2) is 30.3 Å². The van der Waals surface area contributed by atoms with E-state index in [2.05, 4.69) is 31.4 Å². The Morgan fingerprint density at radius 1 is 1.18 bits per heavy atom. The van der Waals surface area contributed by atoms with E-state index in [4.69, 9.17) is 0 Å². The lowest BCUT2D eigenvalue weighted by Gasteiger charge is -2.28. The molecule has 1 amide bonds. The molecule has 0 spiro atoms. The molecule has 0 aromatic heterocycles. The van der Waals surface area contributed by atoms with Gasteiger partial charge < -0.3 is 10.6 Å². The standard InChI is InChI=1S/C14H22N2O/c1-4-14(3,5-2)15-11-13(17)16-12-9-7-6-8-10-12/h6-10,15H,4-5,11H2,1-3H3,(H,16,17). The Bertz CT molecular complexity index is 344. The van der Waals surface area contributed by atoms with Crippen molar-refractivity contribution in [3.8, 4) is 0 Å². The molecular formula is C14H22N2O. The van der Waals surface area contributed by atoms with Gasteiger partial charge in [0.1, 0.15) is 0 Å². The molecule has 1 aromatic rings. The summed E-state index contributed by atoms with van der Waals surface area (Å²) >= 11 is 0. The fraction of sp³-hybridized carbons (Fsp3) is 0.500. The van der Waals surface area contributed by atoms with Gasteiger partial charge in [-0.15, -0.1) is 0 Å². The third kappa shape index (κ3) is 4.57. The summed E-state index contributed by atoms with van der Waals surface area (Å²) in [6.45, 7) is 6.76. The van der Waals surface area contributed by atoms with Gasteiger partial charge in [-0.05, 0) is 31.9 Å². The summed E-state index contributed by atoms with van der Waals surface area (Å²) in [4.78, 5) is 11.7. The van der Waals surface area contributed by atoms with E-state index in [9.17, 15) is 4.79 Å². The maximum atomic E-state index is 11.7. The molecule has 0 atom stereocenters. The van der Waals surface area contributed by atoms with Crippen LogP contribution in [0.5, 0.6) is 0 Å². The van der Waals surface area contributed by atoms with Crippen molar-refractivity contribution in [1.29, 1.82) is 0 Å². The molecule has 0 heterocycles. The van der Waals surface area contributed by atoms with E-state index < -0.39 is 0 Å².